The van der Waals surface area contributed by atoms with Crippen LogP contribution in [-0.2, 0) is 9.47 Å². The van der Waals surface area contributed by atoms with Crippen LogP contribution in [0.2, 0.25) is 0 Å². The van der Waals surface area contributed by atoms with Gasteiger partial charge in [0, 0.05) is 33.3 Å². The SMILES string of the molecule is CCCC1(C)CCCN(C(=NC)NCCOCC2CCCO2)C1. The topological polar surface area (TPSA) is 46.1 Å². The second-order valence-corrected chi connectivity index (χ2v) is 7.27. The average molecular weight is 325 g/mol. The second-order valence-electron chi connectivity index (χ2n) is 7.27. The molecule has 0 amide bonds. The van der Waals surface area contributed by atoms with Crippen LogP contribution in [-0.4, -0.2) is 63.5 Å². The lowest BCUT2D eigenvalue weighted by molar-refractivity contribution is 0.0189. The van der Waals surface area contributed by atoms with Gasteiger partial charge in [-0.05, 0) is 37.5 Å². The molecule has 0 aliphatic carbocycles. The molecule has 2 rings (SSSR count). The Morgan fingerprint density at radius 3 is 3.00 bits per heavy atom. The Labute approximate surface area is 141 Å². The van der Waals surface area contributed by atoms with E-state index < -0.39 is 0 Å². The summed E-state index contributed by atoms with van der Waals surface area (Å²) in [5.41, 5.74) is 0.431. The maximum absolute atomic E-state index is 5.72. The molecular formula is C18H35N3O2. The summed E-state index contributed by atoms with van der Waals surface area (Å²) in [6.07, 6.45) is 7.76. The maximum Gasteiger partial charge on any atom is 0.193 e. The highest BCUT2D eigenvalue weighted by Gasteiger charge is 2.31. The maximum atomic E-state index is 5.72. The predicted octanol–water partition coefficient (Wildman–Crippen LogP) is 2.66. The predicted molar refractivity (Wildman–Crippen MR) is 95.0 cm³/mol. The monoisotopic (exact) mass is 325 g/mol. The number of guanidine groups is 1. The van der Waals surface area contributed by atoms with E-state index >= 15 is 0 Å². The molecule has 0 bridgehead atoms. The molecule has 2 saturated heterocycles. The molecule has 1 N–H and O–H groups in total. The summed E-state index contributed by atoms with van der Waals surface area (Å²) in [5.74, 6) is 1.02. The van der Waals surface area contributed by atoms with E-state index in [4.69, 9.17) is 9.47 Å². The summed E-state index contributed by atoms with van der Waals surface area (Å²) in [6.45, 7) is 10.0. The van der Waals surface area contributed by atoms with E-state index in [1.165, 1.54) is 32.1 Å². The molecule has 0 aromatic rings. The molecule has 5 heteroatoms. The van der Waals surface area contributed by atoms with Gasteiger partial charge in [0.2, 0.25) is 0 Å². The van der Waals surface area contributed by atoms with Gasteiger partial charge >= 0.3 is 0 Å². The lowest BCUT2D eigenvalue weighted by Crippen LogP contribution is -2.50. The molecule has 2 atom stereocenters. The van der Waals surface area contributed by atoms with Crippen LogP contribution < -0.4 is 5.32 Å². The van der Waals surface area contributed by atoms with E-state index in [0.717, 1.165) is 45.2 Å². The average Bonchev–Trinajstić information content (AvgIpc) is 3.04. The molecule has 0 saturated carbocycles. The van der Waals surface area contributed by atoms with E-state index in [1.54, 1.807) is 0 Å². The first-order valence-electron chi connectivity index (χ1n) is 9.32. The second kappa shape index (κ2) is 9.48. The standard InChI is InChI=1S/C18H35N3O2/c1-4-8-18(2)9-6-11-21(15-18)17(19-3)20-10-13-22-14-16-7-5-12-23-16/h16H,4-15H2,1-3H3,(H,19,20). The minimum Gasteiger partial charge on any atom is -0.377 e. The van der Waals surface area contributed by atoms with Gasteiger partial charge in [0.25, 0.3) is 0 Å². The lowest BCUT2D eigenvalue weighted by Gasteiger charge is -2.42. The number of hydrogen-bond donors (Lipinski definition) is 1. The van der Waals surface area contributed by atoms with Crippen molar-refractivity contribution in [3.8, 4) is 0 Å². The Morgan fingerprint density at radius 2 is 2.30 bits per heavy atom. The van der Waals surface area contributed by atoms with Crippen molar-refractivity contribution in [3.05, 3.63) is 0 Å². The fourth-order valence-electron chi connectivity index (χ4n) is 3.86. The highest BCUT2D eigenvalue weighted by Crippen LogP contribution is 2.33. The number of hydrogen-bond acceptors (Lipinski definition) is 3. The van der Waals surface area contributed by atoms with Crippen LogP contribution in [0.5, 0.6) is 0 Å². The van der Waals surface area contributed by atoms with E-state index in [9.17, 15) is 0 Å². The normalized spacial score (nSPS) is 29.1. The van der Waals surface area contributed by atoms with E-state index in [0.29, 0.717) is 18.1 Å². The van der Waals surface area contributed by atoms with Crippen LogP contribution in [0.25, 0.3) is 0 Å². The minimum absolute atomic E-state index is 0.311. The molecule has 23 heavy (non-hydrogen) atoms. The summed E-state index contributed by atoms with van der Waals surface area (Å²) in [4.78, 5) is 6.88. The molecule has 0 radical (unpaired) electrons. The van der Waals surface area contributed by atoms with Crippen LogP contribution in [0.15, 0.2) is 4.99 Å². The molecule has 0 spiro atoms. The number of aliphatic imine (C=N–C) groups is 1. The molecule has 2 fully saturated rings. The zero-order valence-electron chi connectivity index (χ0n) is 15.3. The highest BCUT2D eigenvalue weighted by atomic mass is 16.5. The summed E-state index contributed by atoms with van der Waals surface area (Å²) in [7, 11) is 1.88. The summed E-state index contributed by atoms with van der Waals surface area (Å²) >= 11 is 0. The quantitative estimate of drug-likeness (QED) is 0.444. The van der Waals surface area contributed by atoms with Gasteiger partial charge in [0.15, 0.2) is 5.96 Å². The Hall–Kier alpha value is -0.810. The van der Waals surface area contributed by atoms with Gasteiger partial charge in [-0.2, -0.15) is 0 Å². The van der Waals surface area contributed by atoms with Gasteiger partial charge in [-0.25, -0.2) is 0 Å². The lowest BCUT2D eigenvalue weighted by atomic mass is 9.78. The van der Waals surface area contributed by atoms with Crippen LogP contribution in [0.3, 0.4) is 0 Å². The number of piperidine rings is 1. The third-order valence-electron chi connectivity index (χ3n) is 5.00. The van der Waals surface area contributed by atoms with Crippen molar-refractivity contribution in [2.75, 3.05) is 46.5 Å². The highest BCUT2D eigenvalue weighted by molar-refractivity contribution is 5.80. The van der Waals surface area contributed by atoms with Crippen molar-refractivity contribution in [2.45, 2.75) is 58.5 Å². The van der Waals surface area contributed by atoms with Crippen LogP contribution in [0.4, 0.5) is 0 Å². The third-order valence-corrected chi connectivity index (χ3v) is 5.00. The Bertz CT molecular complexity index is 365. The zero-order valence-corrected chi connectivity index (χ0v) is 15.3. The van der Waals surface area contributed by atoms with Gasteiger partial charge in [0.1, 0.15) is 0 Å². The molecule has 2 heterocycles. The number of likely N-dealkylation sites (tertiary alicyclic amines) is 1. The first-order chi connectivity index (χ1) is 11.2. The van der Waals surface area contributed by atoms with Crippen LogP contribution in [0, 0.1) is 5.41 Å². The fourth-order valence-corrected chi connectivity index (χ4v) is 3.86. The van der Waals surface area contributed by atoms with Gasteiger partial charge < -0.3 is 19.7 Å². The van der Waals surface area contributed by atoms with Crippen molar-refractivity contribution in [2.24, 2.45) is 10.4 Å². The molecule has 134 valence electrons. The number of nitrogens with one attached hydrogen (secondary N) is 1. The zero-order chi connectivity index (χ0) is 16.5. The summed E-state index contributed by atoms with van der Waals surface area (Å²) in [5, 5.41) is 3.45. The molecule has 2 aliphatic heterocycles. The number of nitrogens with zero attached hydrogens (tertiary/aromatic N) is 2. The molecule has 5 nitrogen and oxygen atoms in total. The number of rotatable bonds is 7. The van der Waals surface area contributed by atoms with Gasteiger partial charge in [-0.15, -0.1) is 0 Å². The first-order valence-corrected chi connectivity index (χ1v) is 9.32. The Morgan fingerprint density at radius 1 is 1.43 bits per heavy atom. The van der Waals surface area contributed by atoms with Crippen molar-refractivity contribution in [1.29, 1.82) is 0 Å². The molecule has 0 aromatic heterocycles. The van der Waals surface area contributed by atoms with Crippen molar-refractivity contribution in [1.82, 2.24) is 10.2 Å². The third kappa shape index (κ3) is 5.96. The van der Waals surface area contributed by atoms with Gasteiger partial charge in [-0.3, -0.25) is 4.99 Å². The van der Waals surface area contributed by atoms with Crippen molar-refractivity contribution in [3.63, 3.8) is 0 Å². The van der Waals surface area contributed by atoms with Crippen LogP contribution in [0.1, 0.15) is 52.4 Å². The van der Waals surface area contributed by atoms with E-state index in [2.05, 4.69) is 29.1 Å². The minimum atomic E-state index is 0.311. The summed E-state index contributed by atoms with van der Waals surface area (Å²) in [6, 6.07) is 0. The fraction of sp³-hybridized carbons (Fsp3) is 0.944. The smallest absolute Gasteiger partial charge is 0.193 e. The van der Waals surface area contributed by atoms with E-state index in [-0.39, 0.29) is 0 Å². The van der Waals surface area contributed by atoms with Crippen LogP contribution >= 0.6 is 0 Å². The largest absolute Gasteiger partial charge is 0.377 e. The van der Waals surface area contributed by atoms with Crippen molar-refractivity contribution >= 4 is 5.96 Å². The molecule has 2 unspecified atom stereocenters. The Balaban J connectivity index is 1.67. The van der Waals surface area contributed by atoms with E-state index in [1.807, 2.05) is 7.05 Å². The Kier molecular flexibility index (Phi) is 7.63. The van der Waals surface area contributed by atoms with Crippen molar-refractivity contribution < 1.29 is 9.47 Å². The first kappa shape index (κ1) is 18.5. The molecule has 0 aromatic carbocycles. The van der Waals surface area contributed by atoms with Gasteiger partial charge in [-0.1, -0.05) is 20.3 Å². The molecular weight excluding hydrogens is 290 g/mol. The summed E-state index contributed by atoms with van der Waals surface area (Å²) < 4.78 is 11.3. The molecule has 2 aliphatic rings. The number of ether oxygens (including phenoxy) is 2. The van der Waals surface area contributed by atoms with Gasteiger partial charge in [0.05, 0.1) is 19.3 Å².